The van der Waals surface area contributed by atoms with E-state index in [4.69, 9.17) is 11.6 Å². The van der Waals surface area contributed by atoms with Crippen LogP contribution in [0.25, 0.3) is 17.1 Å². The van der Waals surface area contributed by atoms with Crippen LogP contribution in [-0.2, 0) is 4.79 Å². The number of halogens is 2. The van der Waals surface area contributed by atoms with Gasteiger partial charge in [-0.05, 0) is 54.6 Å². The number of thioether (sulfide) groups is 1. The highest BCUT2D eigenvalue weighted by molar-refractivity contribution is 7.99. The van der Waals surface area contributed by atoms with E-state index in [1.165, 1.54) is 23.9 Å². The summed E-state index contributed by atoms with van der Waals surface area (Å²) in [6.07, 6.45) is 0. The molecule has 5 nitrogen and oxygen atoms in total. The Balaban J connectivity index is 1.58. The molecule has 0 aliphatic carbocycles. The Morgan fingerprint density at radius 1 is 1.00 bits per heavy atom. The van der Waals surface area contributed by atoms with Crippen molar-refractivity contribution in [3.8, 4) is 17.1 Å². The highest BCUT2D eigenvalue weighted by Crippen LogP contribution is 2.28. The number of carbonyl (C=O) groups excluding carboxylic acids is 1. The van der Waals surface area contributed by atoms with E-state index in [0.717, 1.165) is 11.3 Å². The number of aromatic nitrogens is 3. The Morgan fingerprint density at radius 3 is 2.50 bits per heavy atom. The first-order valence-corrected chi connectivity index (χ1v) is 10.4. The third-order valence-electron chi connectivity index (χ3n) is 4.19. The lowest BCUT2D eigenvalue weighted by atomic mass is 10.2. The number of amides is 1. The van der Waals surface area contributed by atoms with Gasteiger partial charge in [0.25, 0.3) is 0 Å². The van der Waals surface area contributed by atoms with Crippen LogP contribution in [0.2, 0.25) is 5.02 Å². The second kappa shape index (κ2) is 9.11. The molecule has 4 aromatic rings. The molecule has 1 N–H and O–H groups in total. The number of hydrogen-bond acceptors (Lipinski definition) is 4. The van der Waals surface area contributed by atoms with Gasteiger partial charge in [-0.2, -0.15) is 0 Å². The van der Waals surface area contributed by atoms with Crippen molar-refractivity contribution >= 4 is 35.0 Å². The molecule has 0 aliphatic heterocycles. The summed E-state index contributed by atoms with van der Waals surface area (Å²) >= 11 is 7.26. The van der Waals surface area contributed by atoms with Crippen molar-refractivity contribution < 1.29 is 9.18 Å². The monoisotopic (exact) mass is 438 g/mol. The van der Waals surface area contributed by atoms with E-state index in [0.29, 0.717) is 21.7 Å². The van der Waals surface area contributed by atoms with E-state index in [-0.39, 0.29) is 11.7 Å². The van der Waals surface area contributed by atoms with Crippen LogP contribution in [-0.4, -0.2) is 26.4 Å². The van der Waals surface area contributed by atoms with E-state index >= 15 is 0 Å². The topological polar surface area (TPSA) is 59.8 Å². The van der Waals surface area contributed by atoms with Crippen molar-refractivity contribution in [2.24, 2.45) is 0 Å². The van der Waals surface area contributed by atoms with Crippen molar-refractivity contribution in [3.05, 3.63) is 89.7 Å². The van der Waals surface area contributed by atoms with Crippen LogP contribution < -0.4 is 5.32 Å². The molecule has 8 heteroatoms. The number of carbonyl (C=O) groups is 1. The van der Waals surface area contributed by atoms with Crippen molar-refractivity contribution in [2.45, 2.75) is 5.16 Å². The minimum absolute atomic E-state index is 0.0993. The zero-order valence-corrected chi connectivity index (χ0v) is 17.2. The molecule has 0 aliphatic rings. The third-order valence-corrected chi connectivity index (χ3v) is 5.37. The van der Waals surface area contributed by atoms with Gasteiger partial charge in [0.05, 0.1) is 5.75 Å². The molecule has 0 saturated heterocycles. The number of nitrogens with one attached hydrogen (secondary N) is 1. The number of anilines is 1. The minimum Gasteiger partial charge on any atom is -0.325 e. The summed E-state index contributed by atoms with van der Waals surface area (Å²) in [4.78, 5) is 12.3. The van der Waals surface area contributed by atoms with E-state index in [9.17, 15) is 9.18 Å². The Bertz CT molecular complexity index is 1170. The second-order valence-electron chi connectivity index (χ2n) is 6.33. The normalized spacial score (nSPS) is 10.7. The van der Waals surface area contributed by atoms with Gasteiger partial charge in [0.15, 0.2) is 11.0 Å². The molecule has 0 radical (unpaired) electrons. The van der Waals surface area contributed by atoms with E-state index < -0.39 is 5.82 Å². The molecule has 150 valence electrons. The average molecular weight is 439 g/mol. The van der Waals surface area contributed by atoms with Gasteiger partial charge in [-0.3, -0.25) is 9.36 Å². The number of hydrogen-bond donors (Lipinski definition) is 1. The molecule has 1 aromatic heterocycles. The van der Waals surface area contributed by atoms with Gasteiger partial charge in [0, 0.05) is 22.0 Å². The molecule has 0 saturated carbocycles. The minimum atomic E-state index is -0.406. The van der Waals surface area contributed by atoms with Gasteiger partial charge in [0.1, 0.15) is 5.82 Å². The summed E-state index contributed by atoms with van der Waals surface area (Å²) in [6, 6.07) is 22.8. The fraction of sp³-hybridized carbons (Fsp3) is 0.0455. The van der Waals surface area contributed by atoms with Crippen molar-refractivity contribution in [1.82, 2.24) is 14.8 Å². The zero-order valence-electron chi connectivity index (χ0n) is 15.6. The average Bonchev–Trinajstić information content (AvgIpc) is 3.17. The van der Waals surface area contributed by atoms with Crippen LogP contribution in [0.5, 0.6) is 0 Å². The Morgan fingerprint density at radius 2 is 1.77 bits per heavy atom. The number of nitrogens with zero attached hydrogens (tertiary/aromatic N) is 3. The molecule has 0 atom stereocenters. The molecule has 3 aromatic carbocycles. The first-order chi connectivity index (χ1) is 14.6. The zero-order chi connectivity index (χ0) is 20.9. The second-order valence-corrected chi connectivity index (χ2v) is 7.71. The standard InChI is InChI=1S/C22H16ClFN4OS/c23-16-11-9-15(10-12-16)21-26-27-22(28(21)19-7-2-1-3-8-19)30-14-20(29)25-18-6-4-5-17(24)13-18/h1-13H,14H2,(H,25,29). The molecular formula is C22H16ClFN4OS. The maximum atomic E-state index is 13.3. The van der Waals surface area contributed by atoms with Crippen molar-refractivity contribution in [3.63, 3.8) is 0 Å². The van der Waals surface area contributed by atoms with Crippen LogP contribution in [0.4, 0.5) is 10.1 Å². The van der Waals surface area contributed by atoms with Crippen LogP contribution in [0, 0.1) is 5.82 Å². The summed E-state index contributed by atoms with van der Waals surface area (Å²) in [5, 5.41) is 12.5. The van der Waals surface area contributed by atoms with Gasteiger partial charge in [-0.15, -0.1) is 10.2 Å². The molecular weight excluding hydrogens is 423 g/mol. The Hall–Kier alpha value is -3.16. The van der Waals surface area contributed by atoms with Gasteiger partial charge in [0.2, 0.25) is 5.91 Å². The van der Waals surface area contributed by atoms with Gasteiger partial charge < -0.3 is 5.32 Å². The van der Waals surface area contributed by atoms with Crippen LogP contribution in [0.15, 0.2) is 84.0 Å². The smallest absolute Gasteiger partial charge is 0.234 e. The predicted molar refractivity (Wildman–Crippen MR) is 118 cm³/mol. The maximum Gasteiger partial charge on any atom is 0.234 e. The molecule has 4 rings (SSSR count). The van der Waals surface area contributed by atoms with Gasteiger partial charge in [-0.1, -0.05) is 47.6 Å². The summed E-state index contributed by atoms with van der Waals surface area (Å²) in [6.45, 7) is 0. The predicted octanol–water partition coefficient (Wildman–Crippen LogP) is 5.46. The first kappa shape index (κ1) is 20.1. The summed E-state index contributed by atoms with van der Waals surface area (Å²) in [7, 11) is 0. The SMILES string of the molecule is O=C(CSc1nnc(-c2ccc(Cl)cc2)n1-c1ccccc1)Nc1cccc(F)c1. The van der Waals surface area contributed by atoms with Gasteiger partial charge in [-0.25, -0.2) is 4.39 Å². The lowest BCUT2D eigenvalue weighted by Crippen LogP contribution is -2.14. The largest absolute Gasteiger partial charge is 0.325 e. The summed E-state index contributed by atoms with van der Waals surface area (Å²) in [5.74, 6) is 0.0753. The molecule has 0 fully saturated rings. The van der Waals surface area contributed by atoms with Crippen LogP contribution in [0.3, 0.4) is 0 Å². The first-order valence-electron chi connectivity index (χ1n) is 9.05. The van der Waals surface area contributed by atoms with E-state index in [2.05, 4.69) is 15.5 Å². The van der Waals surface area contributed by atoms with E-state index in [1.807, 2.05) is 47.0 Å². The van der Waals surface area contributed by atoms with Crippen molar-refractivity contribution in [1.29, 1.82) is 0 Å². The molecule has 1 amide bonds. The van der Waals surface area contributed by atoms with Gasteiger partial charge >= 0.3 is 0 Å². The quantitative estimate of drug-likeness (QED) is 0.406. The maximum absolute atomic E-state index is 13.3. The lowest BCUT2D eigenvalue weighted by molar-refractivity contribution is -0.113. The molecule has 0 unspecified atom stereocenters. The van der Waals surface area contributed by atoms with Crippen LogP contribution in [0.1, 0.15) is 0 Å². The Kier molecular flexibility index (Phi) is 6.11. The Labute approximate surface area is 181 Å². The van der Waals surface area contributed by atoms with Crippen LogP contribution >= 0.6 is 23.4 Å². The highest BCUT2D eigenvalue weighted by Gasteiger charge is 2.17. The fourth-order valence-electron chi connectivity index (χ4n) is 2.85. The summed E-state index contributed by atoms with van der Waals surface area (Å²) < 4.78 is 15.2. The lowest BCUT2D eigenvalue weighted by Gasteiger charge is -2.10. The summed E-state index contributed by atoms with van der Waals surface area (Å²) in [5.41, 5.74) is 2.14. The molecule has 0 bridgehead atoms. The number of para-hydroxylation sites is 1. The fourth-order valence-corrected chi connectivity index (χ4v) is 3.73. The van der Waals surface area contributed by atoms with E-state index in [1.54, 1.807) is 24.3 Å². The molecule has 0 spiro atoms. The molecule has 1 heterocycles. The highest BCUT2D eigenvalue weighted by atomic mass is 35.5. The third kappa shape index (κ3) is 4.69. The number of benzene rings is 3. The van der Waals surface area contributed by atoms with Crippen molar-refractivity contribution in [2.75, 3.05) is 11.1 Å². The number of rotatable bonds is 6. The molecule has 30 heavy (non-hydrogen) atoms.